The highest BCUT2D eigenvalue weighted by Gasteiger charge is 2.23. The van der Waals surface area contributed by atoms with Gasteiger partial charge in [-0.15, -0.1) is 22.9 Å². The van der Waals surface area contributed by atoms with Crippen LogP contribution >= 0.6 is 22.9 Å². The highest BCUT2D eigenvalue weighted by atomic mass is 35.5. The average Bonchev–Trinajstić information content (AvgIpc) is 2.80. The van der Waals surface area contributed by atoms with Crippen LogP contribution in [-0.2, 0) is 13.0 Å². The number of hydrogen-bond donors (Lipinski definition) is 1. The Morgan fingerprint density at radius 3 is 2.25 bits per heavy atom. The lowest BCUT2D eigenvalue weighted by molar-refractivity contribution is 0.335. The maximum absolute atomic E-state index is 6.06. The van der Waals surface area contributed by atoms with Gasteiger partial charge in [0.1, 0.15) is 0 Å². The molecule has 0 spiro atoms. The normalized spacial score (nSPS) is 12.0. The van der Waals surface area contributed by atoms with Crippen LogP contribution in [0.4, 0.5) is 0 Å². The number of alkyl halides is 1. The van der Waals surface area contributed by atoms with Gasteiger partial charge in [-0.3, -0.25) is 0 Å². The van der Waals surface area contributed by atoms with Crippen molar-refractivity contribution in [3.8, 4) is 0 Å². The first-order chi connectivity index (χ1) is 7.69. The van der Waals surface area contributed by atoms with Gasteiger partial charge in [-0.25, -0.2) is 0 Å². The molecular formula is C13H22ClNS. The second-order valence-electron chi connectivity index (χ2n) is 4.20. The number of rotatable bonds is 7. The van der Waals surface area contributed by atoms with E-state index in [0.29, 0.717) is 5.88 Å². The molecule has 0 bridgehead atoms. The lowest BCUT2D eigenvalue weighted by Crippen LogP contribution is -2.45. The zero-order valence-electron chi connectivity index (χ0n) is 10.5. The van der Waals surface area contributed by atoms with E-state index in [9.17, 15) is 0 Å². The van der Waals surface area contributed by atoms with Crippen molar-refractivity contribution in [2.45, 2.75) is 52.1 Å². The second kappa shape index (κ2) is 6.63. The van der Waals surface area contributed by atoms with Gasteiger partial charge in [-0.05, 0) is 31.4 Å². The molecule has 1 aromatic rings. The summed E-state index contributed by atoms with van der Waals surface area (Å²) in [6.45, 7) is 7.54. The Morgan fingerprint density at radius 1 is 1.19 bits per heavy atom. The molecule has 0 aliphatic heterocycles. The average molecular weight is 260 g/mol. The molecule has 92 valence electrons. The van der Waals surface area contributed by atoms with Crippen molar-refractivity contribution in [3.05, 3.63) is 21.9 Å². The Morgan fingerprint density at radius 2 is 1.81 bits per heavy atom. The van der Waals surface area contributed by atoms with Crippen LogP contribution in [0.25, 0.3) is 0 Å². The van der Waals surface area contributed by atoms with Crippen molar-refractivity contribution in [2.24, 2.45) is 0 Å². The number of aryl methyl sites for hydroxylation is 1. The van der Waals surface area contributed by atoms with E-state index >= 15 is 0 Å². The van der Waals surface area contributed by atoms with E-state index in [-0.39, 0.29) is 5.54 Å². The van der Waals surface area contributed by atoms with Crippen molar-refractivity contribution in [1.29, 1.82) is 0 Å². The van der Waals surface area contributed by atoms with Crippen molar-refractivity contribution in [3.63, 3.8) is 0 Å². The maximum Gasteiger partial charge on any atom is 0.0405 e. The van der Waals surface area contributed by atoms with Crippen LogP contribution in [0.1, 0.15) is 43.4 Å². The van der Waals surface area contributed by atoms with Crippen molar-refractivity contribution in [1.82, 2.24) is 5.32 Å². The van der Waals surface area contributed by atoms with E-state index in [1.807, 2.05) is 11.3 Å². The van der Waals surface area contributed by atoms with Crippen molar-refractivity contribution >= 4 is 22.9 Å². The minimum Gasteiger partial charge on any atom is -0.305 e. The second-order valence-corrected chi connectivity index (χ2v) is 5.72. The SMILES string of the molecule is CCc1ccc(CNC(CC)(CC)CCl)s1. The quantitative estimate of drug-likeness (QED) is 0.724. The number of thiophene rings is 1. The molecule has 0 fully saturated rings. The molecule has 0 aliphatic rings. The van der Waals surface area contributed by atoms with Crippen LogP contribution in [0.5, 0.6) is 0 Å². The molecule has 0 atom stereocenters. The summed E-state index contributed by atoms with van der Waals surface area (Å²) in [6.07, 6.45) is 3.30. The first kappa shape index (κ1) is 14.0. The van der Waals surface area contributed by atoms with Gasteiger partial charge in [0, 0.05) is 27.7 Å². The molecule has 1 aromatic heterocycles. The van der Waals surface area contributed by atoms with Gasteiger partial charge in [0.25, 0.3) is 0 Å². The molecule has 3 heteroatoms. The van der Waals surface area contributed by atoms with Crippen LogP contribution in [0.2, 0.25) is 0 Å². The summed E-state index contributed by atoms with van der Waals surface area (Å²) < 4.78 is 0. The summed E-state index contributed by atoms with van der Waals surface area (Å²) in [5.74, 6) is 0.687. The molecule has 0 saturated heterocycles. The van der Waals surface area contributed by atoms with Crippen LogP contribution in [0.15, 0.2) is 12.1 Å². The number of halogens is 1. The summed E-state index contributed by atoms with van der Waals surface area (Å²) in [4.78, 5) is 2.87. The minimum absolute atomic E-state index is 0.109. The van der Waals surface area contributed by atoms with Crippen LogP contribution in [0.3, 0.4) is 0 Å². The van der Waals surface area contributed by atoms with Gasteiger partial charge < -0.3 is 5.32 Å². The molecule has 0 radical (unpaired) electrons. The van der Waals surface area contributed by atoms with Gasteiger partial charge >= 0.3 is 0 Å². The molecule has 1 rings (SSSR count). The van der Waals surface area contributed by atoms with E-state index in [2.05, 4.69) is 38.2 Å². The first-order valence-corrected chi connectivity index (χ1v) is 7.43. The van der Waals surface area contributed by atoms with Crippen molar-refractivity contribution in [2.75, 3.05) is 5.88 Å². The smallest absolute Gasteiger partial charge is 0.0405 e. The molecule has 16 heavy (non-hydrogen) atoms. The molecule has 0 amide bonds. The van der Waals surface area contributed by atoms with E-state index < -0.39 is 0 Å². The minimum atomic E-state index is 0.109. The lowest BCUT2D eigenvalue weighted by atomic mass is 9.95. The Kier molecular flexibility index (Phi) is 5.81. The maximum atomic E-state index is 6.06. The fraction of sp³-hybridized carbons (Fsp3) is 0.692. The van der Waals surface area contributed by atoms with E-state index in [1.54, 1.807) is 0 Å². The molecule has 0 aromatic carbocycles. The predicted octanol–water partition coefficient (Wildman–Crippen LogP) is 4.20. The predicted molar refractivity (Wildman–Crippen MR) is 74.6 cm³/mol. The van der Waals surface area contributed by atoms with Crippen LogP contribution in [0, 0.1) is 0 Å². The third kappa shape index (κ3) is 3.47. The van der Waals surface area contributed by atoms with Gasteiger partial charge in [0.15, 0.2) is 0 Å². The fourth-order valence-electron chi connectivity index (χ4n) is 1.72. The zero-order chi connectivity index (χ0) is 12.0. The zero-order valence-corrected chi connectivity index (χ0v) is 12.0. The van der Waals surface area contributed by atoms with E-state index in [1.165, 1.54) is 9.75 Å². The molecule has 1 heterocycles. The molecule has 0 unspecified atom stereocenters. The highest BCUT2D eigenvalue weighted by molar-refractivity contribution is 7.11. The standard InChI is InChI=1S/C13H22ClNS/c1-4-11-7-8-12(16-11)9-15-13(5-2,6-3)10-14/h7-8,15H,4-6,9-10H2,1-3H3. The third-order valence-electron chi connectivity index (χ3n) is 3.31. The Labute approximate surface area is 108 Å². The fourth-order valence-corrected chi connectivity index (χ4v) is 3.09. The summed E-state index contributed by atoms with van der Waals surface area (Å²) in [5, 5.41) is 3.61. The third-order valence-corrected chi connectivity index (χ3v) is 5.05. The Bertz CT molecular complexity index is 296. The van der Waals surface area contributed by atoms with E-state index in [4.69, 9.17) is 11.6 Å². The molecular weight excluding hydrogens is 238 g/mol. The lowest BCUT2D eigenvalue weighted by Gasteiger charge is -2.30. The van der Waals surface area contributed by atoms with Crippen LogP contribution < -0.4 is 5.32 Å². The van der Waals surface area contributed by atoms with Crippen LogP contribution in [-0.4, -0.2) is 11.4 Å². The Balaban J connectivity index is 2.55. The van der Waals surface area contributed by atoms with Crippen molar-refractivity contribution < 1.29 is 0 Å². The summed E-state index contributed by atoms with van der Waals surface area (Å²) in [7, 11) is 0. The monoisotopic (exact) mass is 259 g/mol. The number of hydrogen-bond acceptors (Lipinski definition) is 2. The van der Waals surface area contributed by atoms with Gasteiger partial charge in [-0.2, -0.15) is 0 Å². The summed E-state index contributed by atoms with van der Waals surface area (Å²) in [6, 6.07) is 4.45. The Hall–Kier alpha value is -0.0500. The molecule has 0 saturated carbocycles. The topological polar surface area (TPSA) is 12.0 Å². The van der Waals surface area contributed by atoms with Gasteiger partial charge in [0.05, 0.1) is 0 Å². The molecule has 0 aliphatic carbocycles. The summed E-state index contributed by atoms with van der Waals surface area (Å²) >= 11 is 7.96. The van der Waals surface area contributed by atoms with Gasteiger partial charge in [-0.1, -0.05) is 20.8 Å². The highest BCUT2D eigenvalue weighted by Crippen LogP contribution is 2.21. The van der Waals surface area contributed by atoms with Gasteiger partial charge in [0.2, 0.25) is 0 Å². The number of nitrogens with one attached hydrogen (secondary N) is 1. The summed E-state index contributed by atoms with van der Waals surface area (Å²) in [5.41, 5.74) is 0.109. The molecule has 1 nitrogen and oxygen atoms in total. The first-order valence-electron chi connectivity index (χ1n) is 6.08. The largest absolute Gasteiger partial charge is 0.305 e. The molecule has 1 N–H and O–H groups in total. The van der Waals surface area contributed by atoms with E-state index in [0.717, 1.165) is 25.8 Å².